The van der Waals surface area contributed by atoms with Crippen LogP contribution >= 0.6 is 0 Å². The van der Waals surface area contributed by atoms with Crippen LogP contribution in [0.15, 0.2) is 24.3 Å². The largest absolute Gasteiger partial charge is 0.345 e. The molecule has 1 aromatic rings. The molecule has 21 heavy (non-hydrogen) atoms. The number of nitrogens with zero attached hydrogens (tertiary/aromatic N) is 1. The van der Waals surface area contributed by atoms with Crippen LogP contribution in [-0.4, -0.2) is 42.9 Å². The SMILES string of the molecule is CCC1(C(=O)Nc2ccc(C(=O)N(C)C)cc2)CCCN1. The summed E-state index contributed by atoms with van der Waals surface area (Å²) in [7, 11) is 3.43. The van der Waals surface area contributed by atoms with Gasteiger partial charge in [-0.2, -0.15) is 0 Å². The number of carbonyl (C=O) groups is 2. The minimum Gasteiger partial charge on any atom is -0.345 e. The Morgan fingerprint density at radius 1 is 1.29 bits per heavy atom. The summed E-state index contributed by atoms with van der Waals surface area (Å²) < 4.78 is 0. The van der Waals surface area contributed by atoms with Gasteiger partial charge in [0.1, 0.15) is 0 Å². The molecule has 0 spiro atoms. The first-order valence-electron chi connectivity index (χ1n) is 7.37. The first kappa shape index (κ1) is 15.5. The van der Waals surface area contributed by atoms with Crippen LogP contribution in [0.1, 0.15) is 36.5 Å². The molecule has 5 nitrogen and oxygen atoms in total. The highest BCUT2D eigenvalue weighted by Crippen LogP contribution is 2.25. The van der Waals surface area contributed by atoms with Crippen molar-refractivity contribution >= 4 is 17.5 Å². The second-order valence-electron chi connectivity index (χ2n) is 5.70. The van der Waals surface area contributed by atoms with Gasteiger partial charge in [0.15, 0.2) is 0 Å². The number of hydrogen-bond acceptors (Lipinski definition) is 3. The van der Waals surface area contributed by atoms with Crippen molar-refractivity contribution < 1.29 is 9.59 Å². The summed E-state index contributed by atoms with van der Waals surface area (Å²) in [6, 6.07) is 7.01. The summed E-state index contributed by atoms with van der Waals surface area (Å²) in [4.78, 5) is 25.8. The van der Waals surface area contributed by atoms with E-state index in [4.69, 9.17) is 0 Å². The van der Waals surface area contributed by atoms with Gasteiger partial charge in [-0.05, 0) is 50.1 Å². The van der Waals surface area contributed by atoms with E-state index in [2.05, 4.69) is 10.6 Å². The van der Waals surface area contributed by atoms with Crippen molar-refractivity contribution in [2.45, 2.75) is 31.7 Å². The first-order valence-corrected chi connectivity index (χ1v) is 7.37. The van der Waals surface area contributed by atoms with E-state index in [1.54, 1.807) is 38.4 Å². The predicted molar refractivity (Wildman–Crippen MR) is 83.3 cm³/mol. The maximum atomic E-state index is 12.4. The summed E-state index contributed by atoms with van der Waals surface area (Å²) in [5.74, 6) is -0.0375. The van der Waals surface area contributed by atoms with Gasteiger partial charge in [-0.25, -0.2) is 0 Å². The zero-order valence-electron chi connectivity index (χ0n) is 12.9. The third kappa shape index (κ3) is 3.24. The number of rotatable bonds is 4. The molecule has 2 rings (SSSR count). The van der Waals surface area contributed by atoms with Crippen molar-refractivity contribution in [2.24, 2.45) is 0 Å². The molecule has 1 aliphatic rings. The highest BCUT2D eigenvalue weighted by atomic mass is 16.2. The Bertz CT molecular complexity index is 517. The molecule has 0 radical (unpaired) electrons. The highest BCUT2D eigenvalue weighted by molar-refractivity contribution is 5.99. The zero-order valence-corrected chi connectivity index (χ0v) is 12.9. The monoisotopic (exact) mass is 289 g/mol. The molecule has 0 bridgehead atoms. The molecule has 1 atom stereocenters. The van der Waals surface area contributed by atoms with Crippen molar-refractivity contribution in [1.82, 2.24) is 10.2 Å². The molecular formula is C16H23N3O2. The van der Waals surface area contributed by atoms with Gasteiger partial charge in [0.2, 0.25) is 5.91 Å². The molecule has 1 aromatic carbocycles. The van der Waals surface area contributed by atoms with Crippen LogP contribution in [0.4, 0.5) is 5.69 Å². The third-order valence-electron chi connectivity index (χ3n) is 4.08. The summed E-state index contributed by atoms with van der Waals surface area (Å²) in [6.45, 7) is 2.91. The Labute approximate surface area is 125 Å². The van der Waals surface area contributed by atoms with E-state index in [-0.39, 0.29) is 11.8 Å². The van der Waals surface area contributed by atoms with Gasteiger partial charge in [-0.3, -0.25) is 9.59 Å². The normalized spacial score (nSPS) is 21.1. The van der Waals surface area contributed by atoms with E-state index in [1.807, 2.05) is 6.92 Å². The van der Waals surface area contributed by atoms with Crippen LogP contribution in [0.5, 0.6) is 0 Å². The fourth-order valence-electron chi connectivity index (χ4n) is 2.67. The standard InChI is InChI=1S/C16H23N3O2/c1-4-16(10-5-11-17-16)15(21)18-13-8-6-12(7-9-13)14(20)19(2)3/h6-9,17H,4-5,10-11H2,1-3H3,(H,18,21). The van der Waals surface area contributed by atoms with Crippen molar-refractivity contribution in [3.63, 3.8) is 0 Å². The van der Waals surface area contributed by atoms with Crippen LogP contribution in [-0.2, 0) is 4.79 Å². The van der Waals surface area contributed by atoms with E-state index < -0.39 is 5.54 Å². The second kappa shape index (κ2) is 6.26. The lowest BCUT2D eigenvalue weighted by Gasteiger charge is -2.26. The van der Waals surface area contributed by atoms with E-state index in [1.165, 1.54) is 4.90 Å². The Balaban J connectivity index is 2.06. The molecule has 0 aromatic heterocycles. The van der Waals surface area contributed by atoms with E-state index in [0.29, 0.717) is 5.56 Å². The van der Waals surface area contributed by atoms with Gasteiger partial charge in [-0.15, -0.1) is 0 Å². The Hall–Kier alpha value is -1.88. The molecule has 2 N–H and O–H groups in total. The second-order valence-corrected chi connectivity index (χ2v) is 5.70. The average Bonchev–Trinajstić information content (AvgIpc) is 2.97. The van der Waals surface area contributed by atoms with Crippen molar-refractivity contribution in [1.29, 1.82) is 0 Å². The molecule has 1 aliphatic heterocycles. The maximum absolute atomic E-state index is 12.4. The number of amides is 2. The van der Waals surface area contributed by atoms with Crippen LogP contribution in [0.3, 0.4) is 0 Å². The average molecular weight is 289 g/mol. The van der Waals surface area contributed by atoms with Gasteiger partial charge in [0.05, 0.1) is 5.54 Å². The Kier molecular flexibility index (Phi) is 4.63. The number of nitrogens with one attached hydrogen (secondary N) is 2. The summed E-state index contributed by atoms with van der Waals surface area (Å²) in [5.41, 5.74) is 0.886. The lowest BCUT2D eigenvalue weighted by atomic mass is 9.93. The smallest absolute Gasteiger partial charge is 0.253 e. The Morgan fingerprint density at radius 3 is 2.43 bits per heavy atom. The predicted octanol–water partition coefficient (Wildman–Crippen LogP) is 1.86. The molecule has 0 saturated carbocycles. The molecule has 0 aliphatic carbocycles. The van der Waals surface area contributed by atoms with Gasteiger partial charge in [0.25, 0.3) is 5.91 Å². The number of anilines is 1. The minimum atomic E-state index is -0.446. The van der Waals surface area contributed by atoms with Gasteiger partial charge < -0.3 is 15.5 Å². The van der Waals surface area contributed by atoms with E-state index in [0.717, 1.165) is 31.5 Å². The van der Waals surface area contributed by atoms with Crippen LogP contribution < -0.4 is 10.6 Å². The van der Waals surface area contributed by atoms with Crippen LogP contribution in [0.2, 0.25) is 0 Å². The fourth-order valence-corrected chi connectivity index (χ4v) is 2.67. The lowest BCUT2D eigenvalue weighted by Crippen LogP contribution is -2.50. The molecule has 114 valence electrons. The van der Waals surface area contributed by atoms with E-state index >= 15 is 0 Å². The summed E-state index contributed by atoms with van der Waals surface area (Å²) in [6.07, 6.45) is 2.67. The highest BCUT2D eigenvalue weighted by Gasteiger charge is 2.38. The zero-order chi connectivity index (χ0) is 15.5. The first-order chi connectivity index (χ1) is 9.98. The summed E-state index contributed by atoms with van der Waals surface area (Å²) in [5, 5.41) is 6.26. The molecule has 1 heterocycles. The molecule has 1 fully saturated rings. The minimum absolute atomic E-state index is 0.00851. The molecule has 5 heteroatoms. The topological polar surface area (TPSA) is 61.4 Å². The molecule has 1 saturated heterocycles. The molecule has 2 amide bonds. The van der Waals surface area contributed by atoms with Gasteiger partial charge in [-0.1, -0.05) is 6.92 Å². The van der Waals surface area contributed by atoms with Crippen molar-refractivity contribution in [2.75, 3.05) is 26.0 Å². The third-order valence-corrected chi connectivity index (χ3v) is 4.08. The maximum Gasteiger partial charge on any atom is 0.253 e. The van der Waals surface area contributed by atoms with Gasteiger partial charge >= 0.3 is 0 Å². The van der Waals surface area contributed by atoms with Gasteiger partial charge in [0, 0.05) is 25.3 Å². The number of carbonyl (C=O) groups excluding carboxylic acids is 2. The van der Waals surface area contributed by atoms with Crippen LogP contribution in [0, 0.1) is 0 Å². The fraction of sp³-hybridized carbons (Fsp3) is 0.500. The summed E-state index contributed by atoms with van der Waals surface area (Å²) >= 11 is 0. The number of benzene rings is 1. The quantitative estimate of drug-likeness (QED) is 0.889. The van der Waals surface area contributed by atoms with Crippen molar-refractivity contribution in [3.8, 4) is 0 Å². The lowest BCUT2D eigenvalue weighted by molar-refractivity contribution is -0.122. The Morgan fingerprint density at radius 2 is 1.95 bits per heavy atom. The van der Waals surface area contributed by atoms with E-state index in [9.17, 15) is 9.59 Å². The number of hydrogen-bond donors (Lipinski definition) is 2. The molecular weight excluding hydrogens is 266 g/mol. The van der Waals surface area contributed by atoms with Crippen LogP contribution in [0.25, 0.3) is 0 Å². The van der Waals surface area contributed by atoms with Crippen molar-refractivity contribution in [3.05, 3.63) is 29.8 Å². The molecule has 1 unspecified atom stereocenters.